The van der Waals surface area contributed by atoms with E-state index in [-0.39, 0.29) is 37.9 Å². The van der Waals surface area contributed by atoms with E-state index in [1.165, 1.54) is 0 Å². The first-order valence-electron chi connectivity index (χ1n) is 6.86. The Hall–Kier alpha value is -1.71. The van der Waals surface area contributed by atoms with Gasteiger partial charge in [-0.25, -0.2) is 0 Å². The van der Waals surface area contributed by atoms with Crippen LogP contribution in [0.5, 0.6) is 0 Å². The van der Waals surface area contributed by atoms with Crippen LogP contribution >= 0.6 is 0 Å². The molecular formula is C12H24N6O3. The van der Waals surface area contributed by atoms with Gasteiger partial charge in [-0.05, 0) is 20.8 Å². The van der Waals surface area contributed by atoms with Gasteiger partial charge in [0, 0.05) is 18.1 Å². The molecule has 3 unspecified atom stereocenters. The van der Waals surface area contributed by atoms with Gasteiger partial charge in [-0.2, -0.15) is 15.0 Å². The Kier molecular flexibility index (Phi) is 7.06. The molecule has 1 rings (SSSR count). The van der Waals surface area contributed by atoms with Crippen molar-refractivity contribution < 1.29 is 15.3 Å². The minimum absolute atomic E-state index is 0.0582. The average Bonchev–Trinajstić information content (AvgIpc) is 2.46. The van der Waals surface area contributed by atoms with Gasteiger partial charge in [-0.15, -0.1) is 0 Å². The smallest absolute Gasteiger partial charge is 0.229 e. The Balaban J connectivity index is 2.95. The van der Waals surface area contributed by atoms with Crippen molar-refractivity contribution in [2.24, 2.45) is 0 Å². The standard InChI is InChI=1S/C12H24N6O3/c1-7(4-19)13-10-16-11(14-8(2)5-20)18-12(17-10)15-9(3)6-21/h7-9,19-21H,4-6H2,1-3H3,(H3,13,14,15,16,17,18). The SMILES string of the molecule is CC(CO)Nc1nc(NC(C)CO)nc(NC(C)CO)n1. The molecule has 0 saturated carbocycles. The lowest BCUT2D eigenvalue weighted by Crippen LogP contribution is -2.26. The first-order valence-corrected chi connectivity index (χ1v) is 6.86. The molecule has 21 heavy (non-hydrogen) atoms. The quantitative estimate of drug-likeness (QED) is 0.348. The zero-order valence-electron chi connectivity index (χ0n) is 12.5. The molecule has 0 aliphatic carbocycles. The molecule has 1 heterocycles. The molecule has 1 aromatic heterocycles. The fraction of sp³-hybridized carbons (Fsp3) is 0.750. The highest BCUT2D eigenvalue weighted by atomic mass is 16.3. The minimum atomic E-state index is -0.210. The highest BCUT2D eigenvalue weighted by molar-refractivity contribution is 5.43. The maximum Gasteiger partial charge on any atom is 0.229 e. The summed E-state index contributed by atoms with van der Waals surface area (Å²) in [6, 6.07) is -0.629. The Morgan fingerprint density at radius 3 is 1.10 bits per heavy atom. The van der Waals surface area contributed by atoms with Crippen molar-refractivity contribution >= 4 is 17.8 Å². The maximum atomic E-state index is 9.07. The largest absolute Gasteiger partial charge is 0.394 e. The number of aliphatic hydroxyl groups excluding tert-OH is 3. The number of hydrogen-bond acceptors (Lipinski definition) is 9. The van der Waals surface area contributed by atoms with Gasteiger partial charge in [-0.3, -0.25) is 0 Å². The molecular weight excluding hydrogens is 276 g/mol. The summed E-state index contributed by atoms with van der Waals surface area (Å²) in [5.41, 5.74) is 0. The summed E-state index contributed by atoms with van der Waals surface area (Å²) in [4.78, 5) is 12.5. The molecule has 0 fully saturated rings. The van der Waals surface area contributed by atoms with E-state index in [0.29, 0.717) is 17.8 Å². The Labute approximate surface area is 123 Å². The van der Waals surface area contributed by atoms with Crippen molar-refractivity contribution in [1.82, 2.24) is 15.0 Å². The van der Waals surface area contributed by atoms with Crippen molar-refractivity contribution in [3.8, 4) is 0 Å². The van der Waals surface area contributed by atoms with E-state index in [9.17, 15) is 0 Å². The summed E-state index contributed by atoms with van der Waals surface area (Å²) < 4.78 is 0. The lowest BCUT2D eigenvalue weighted by atomic mass is 10.4. The lowest BCUT2D eigenvalue weighted by Gasteiger charge is -2.17. The molecule has 1 aromatic rings. The molecule has 3 atom stereocenters. The monoisotopic (exact) mass is 300 g/mol. The zero-order chi connectivity index (χ0) is 15.8. The van der Waals surface area contributed by atoms with Crippen LogP contribution in [-0.2, 0) is 0 Å². The van der Waals surface area contributed by atoms with E-state index in [4.69, 9.17) is 15.3 Å². The van der Waals surface area contributed by atoms with Crippen LogP contribution in [0.2, 0.25) is 0 Å². The zero-order valence-corrected chi connectivity index (χ0v) is 12.5. The van der Waals surface area contributed by atoms with Crippen molar-refractivity contribution in [2.75, 3.05) is 35.8 Å². The molecule has 0 aliphatic heterocycles. The third-order valence-electron chi connectivity index (χ3n) is 2.58. The van der Waals surface area contributed by atoms with Crippen LogP contribution < -0.4 is 16.0 Å². The predicted molar refractivity (Wildman–Crippen MR) is 80.3 cm³/mol. The van der Waals surface area contributed by atoms with Gasteiger partial charge < -0.3 is 31.3 Å². The molecule has 0 amide bonds. The predicted octanol–water partition coefficient (Wildman–Crippen LogP) is -0.750. The van der Waals surface area contributed by atoms with E-state index >= 15 is 0 Å². The summed E-state index contributed by atoms with van der Waals surface area (Å²) in [6.45, 7) is 5.19. The number of hydrogen-bond donors (Lipinski definition) is 6. The molecule has 0 aliphatic rings. The second kappa shape index (κ2) is 8.55. The van der Waals surface area contributed by atoms with Crippen LogP contribution in [0.3, 0.4) is 0 Å². The van der Waals surface area contributed by atoms with E-state index in [2.05, 4.69) is 30.9 Å². The summed E-state index contributed by atoms with van der Waals surface area (Å²) in [5.74, 6) is 0.894. The topological polar surface area (TPSA) is 135 Å². The van der Waals surface area contributed by atoms with Gasteiger partial charge in [0.1, 0.15) is 0 Å². The molecule has 6 N–H and O–H groups in total. The number of nitrogens with one attached hydrogen (secondary N) is 3. The Morgan fingerprint density at radius 1 is 0.667 bits per heavy atom. The summed E-state index contributed by atoms with van der Waals surface area (Å²) in [7, 11) is 0. The molecule has 0 saturated heterocycles. The highest BCUT2D eigenvalue weighted by Gasteiger charge is 2.12. The number of aliphatic hydroxyl groups is 3. The number of aromatic nitrogens is 3. The minimum Gasteiger partial charge on any atom is -0.394 e. The van der Waals surface area contributed by atoms with Crippen molar-refractivity contribution in [3.05, 3.63) is 0 Å². The average molecular weight is 300 g/mol. The number of anilines is 3. The third kappa shape index (κ3) is 6.06. The van der Waals surface area contributed by atoms with Crippen LogP contribution in [0.4, 0.5) is 17.8 Å². The van der Waals surface area contributed by atoms with Crippen LogP contribution in [0.1, 0.15) is 20.8 Å². The van der Waals surface area contributed by atoms with Gasteiger partial charge in [0.05, 0.1) is 19.8 Å². The molecule has 0 spiro atoms. The molecule has 9 heteroatoms. The third-order valence-corrected chi connectivity index (χ3v) is 2.58. The van der Waals surface area contributed by atoms with Crippen LogP contribution in [0.25, 0.3) is 0 Å². The molecule has 0 bridgehead atoms. The molecule has 9 nitrogen and oxygen atoms in total. The highest BCUT2D eigenvalue weighted by Crippen LogP contribution is 2.12. The van der Waals surface area contributed by atoms with E-state index in [0.717, 1.165) is 0 Å². The first kappa shape index (κ1) is 17.3. The fourth-order valence-corrected chi connectivity index (χ4v) is 1.37. The molecule has 0 aromatic carbocycles. The van der Waals surface area contributed by atoms with Crippen LogP contribution in [0, 0.1) is 0 Å². The van der Waals surface area contributed by atoms with E-state index < -0.39 is 0 Å². The van der Waals surface area contributed by atoms with Gasteiger partial charge in [0.25, 0.3) is 0 Å². The second-order valence-electron chi connectivity index (χ2n) is 4.99. The summed E-state index contributed by atoms with van der Waals surface area (Å²) in [6.07, 6.45) is 0. The van der Waals surface area contributed by atoms with Crippen molar-refractivity contribution in [3.63, 3.8) is 0 Å². The second-order valence-corrected chi connectivity index (χ2v) is 4.99. The van der Waals surface area contributed by atoms with Gasteiger partial charge >= 0.3 is 0 Å². The lowest BCUT2D eigenvalue weighted by molar-refractivity contribution is 0.280. The van der Waals surface area contributed by atoms with Crippen LogP contribution in [-0.4, -0.2) is 68.2 Å². The Bertz CT molecular complexity index is 359. The molecule has 120 valence electrons. The van der Waals surface area contributed by atoms with E-state index in [1.54, 1.807) is 20.8 Å². The summed E-state index contributed by atoms with van der Waals surface area (Å²) >= 11 is 0. The van der Waals surface area contributed by atoms with Gasteiger partial charge in [0.15, 0.2) is 0 Å². The number of nitrogens with zero attached hydrogens (tertiary/aromatic N) is 3. The molecule has 0 radical (unpaired) electrons. The van der Waals surface area contributed by atoms with Gasteiger partial charge in [0.2, 0.25) is 17.8 Å². The van der Waals surface area contributed by atoms with Gasteiger partial charge in [-0.1, -0.05) is 0 Å². The normalized spacial score (nSPS) is 15.1. The number of rotatable bonds is 9. The summed E-state index contributed by atoms with van der Waals surface area (Å²) in [5, 5.41) is 36.0. The van der Waals surface area contributed by atoms with Crippen molar-refractivity contribution in [2.45, 2.75) is 38.9 Å². The van der Waals surface area contributed by atoms with Crippen LogP contribution in [0.15, 0.2) is 0 Å². The first-order chi connectivity index (χ1) is 9.98. The van der Waals surface area contributed by atoms with E-state index in [1.807, 2.05) is 0 Å². The van der Waals surface area contributed by atoms with Crippen molar-refractivity contribution in [1.29, 1.82) is 0 Å². The Morgan fingerprint density at radius 2 is 0.905 bits per heavy atom. The maximum absolute atomic E-state index is 9.07. The fourth-order valence-electron chi connectivity index (χ4n) is 1.37.